The molecule has 3 fully saturated rings. The minimum Gasteiger partial charge on any atom is -0.372 e. The van der Waals surface area contributed by atoms with Crippen molar-refractivity contribution in [2.45, 2.75) is 70.6 Å². The molecule has 0 aromatic heterocycles. The van der Waals surface area contributed by atoms with Crippen molar-refractivity contribution in [1.82, 2.24) is 0 Å². The molecule has 2 atom stereocenters. The SMILES string of the molecule is CCN(CC)c1ccc(N2C(=NC(=O)CCC3CCCC3)S[C@H]3CS(=O)(=O)C[C@@H]32)c(C)c1. The fourth-order valence-corrected chi connectivity index (χ4v) is 9.25. The number of hydrogen-bond donors (Lipinski definition) is 0. The molecule has 0 radical (unpaired) electrons. The van der Waals surface area contributed by atoms with Crippen molar-refractivity contribution in [1.29, 1.82) is 0 Å². The van der Waals surface area contributed by atoms with Gasteiger partial charge in [-0.05, 0) is 56.9 Å². The molecule has 6 nitrogen and oxygen atoms in total. The Morgan fingerprint density at radius 3 is 2.56 bits per heavy atom. The highest BCUT2D eigenvalue weighted by Crippen LogP contribution is 2.42. The van der Waals surface area contributed by atoms with Crippen LogP contribution in [0.25, 0.3) is 0 Å². The second-order valence-electron chi connectivity index (χ2n) is 9.29. The van der Waals surface area contributed by atoms with E-state index in [4.69, 9.17) is 0 Å². The van der Waals surface area contributed by atoms with Crippen LogP contribution in [0.3, 0.4) is 0 Å². The molecule has 1 amide bonds. The van der Waals surface area contributed by atoms with Gasteiger partial charge in [0.05, 0.1) is 17.5 Å². The maximum Gasteiger partial charge on any atom is 0.248 e. The first-order valence-electron chi connectivity index (χ1n) is 11.9. The van der Waals surface area contributed by atoms with Crippen LogP contribution in [-0.2, 0) is 14.6 Å². The van der Waals surface area contributed by atoms with Crippen molar-refractivity contribution >= 4 is 44.0 Å². The summed E-state index contributed by atoms with van der Waals surface area (Å²) in [5, 5.41) is 0.605. The van der Waals surface area contributed by atoms with Crippen LogP contribution in [0, 0.1) is 12.8 Å². The van der Waals surface area contributed by atoms with E-state index in [0.717, 1.165) is 36.4 Å². The first-order valence-corrected chi connectivity index (χ1v) is 14.6. The number of nitrogens with zero attached hydrogens (tertiary/aromatic N) is 3. The van der Waals surface area contributed by atoms with Crippen LogP contribution in [-0.4, -0.2) is 55.4 Å². The number of amides is 1. The van der Waals surface area contributed by atoms with Crippen molar-refractivity contribution in [3.05, 3.63) is 23.8 Å². The number of amidine groups is 1. The van der Waals surface area contributed by atoms with Crippen molar-refractivity contribution < 1.29 is 13.2 Å². The smallest absolute Gasteiger partial charge is 0.248 e. The molecular formula is C24H35N3O3S2. The lowest BCUT2D eigenvalue weighted by atomic mass is 10.0. The highest BCUT2D eigenvalue weighted by molar-refractivity contribution is 8.16. The summed E-state index contributed by atoms with van der Waals surface area (Å²) >= 11 is 1.47. The van der Waals surface area contributed by atoms with E-state index in [9.17, 15) is 13.2 Å². The van der Waals surface area contributed by atoms with Gasteiger partial charge in [-0.1, -0.05) is 37.4 Å². The third-order valence-corrected chi connectivity index (χ3v) is 10.3. The Morgan fingerprint density at radius 1 is 1.19 bits per heavy atom. The first kappa shape index (κ1) is 23.6. The van der Waals surface area contributed by atoms with Gasteiger partial charge in [-0.15, -0.1) is 0 Å². The lowest BCUT2D eigenvalue weighted by molar-refractivity contribution is -0.118. The van der Waals surface area contributed by atoms with E-state index in [0.29, 0.717) is 17.5 Å². The largest absolute Gasteiger partial charge is 0.372 e. The summed E-state index contributed by atoms with van der Waals surface area (Å²) in [5.74, 6) is 0.859. The lowest BCUT2D eigenvalue weighted by Gasteiger charge is -2.28. The van der Waals surface area contributed by atoms with E-state index in [1.807, 2.05) is 4.90 Å². The van der Waals surface area contributed by atoms with Crippen LogP contribution >= 0.6 is 11.8 Å². The van der Waals surface area contributed by atoms with Crippen LogP contribution in [0.1, 0.15) is 57.9 Å². The highest BCUT2D eigenvalue weighted by atomic mass is 32.2. The minimum atomic E-state index is -3.07. The first-order chi connectivity index (χ1) is 15.3. The Balaban J connectivity index is 1.60. The zero-order chi connectivity index (χ0) is 22.9. The van der Waals surface area contributed by atoms with Crippen molar-refractivity contribution in [3.8, 4) is 0 Å². The van der Waals surface area contributed by atoms with Crippen LogP contribution in [0.2, 0.25) is 0 Å². The number of rotatable bonds is 7. The van der Waals surface area contributed by atoms with Gasteiger partial charge in [0.1, 0.15) is 0 Å². The zero-order valence-electron chi connectivity index (χ0n) is 19.4. The summed E-state index contributed by atoms with van der Waals surface area (Å²) in [6.07, 6.45) is 6.40. The Morgan fingerprint density at radius 2 is 1.91 bits per heavy atom. The summed E-state index contributed by atoms with van der Waals surface area (Å²) < 4.78 is 24.7. The number of aryl methyl sites for hydroxylation is 1. The molecular weight excluding hydrogens is 442 g/mol. The van der Waals surface area contributed by atoms with E-state index in [1.165, 1.54) is 37.4 Å². The molecule has 0 N–H and O–H groups in total. The molecule has 0 spiro atoms. The predicted molar refractivity (Wildman–Crippen MR) is 135 cm³/mol. The number of carbonyl (C=O) groups is 1. The molecule has 176 valence electrons. The van der Waals surface area contributed by atoms with E-state index in [2.05, 4.69) is 48.9 Å². The van der Waals surface area contributed by atoms with E-state index < -0.39 is 9.84 Å². The topological polar surface area (TPSA) is 70.0 Å². The van der Waals surface area contributed by atoms with Crippen LogP contribution in [0.5, 0.6) is 0 Å². The van der Waals surface area contributed by atoms with Crippen LogP contribution in [0.4, 0.5) is 11.4 Å². The molecule has 1 aromatic carbocycles. The van der Waals surface area contributed by atoms with Crippen LogP contribution < -0.4 is 9.80 Å². The van der Waals surface area contributed by atoms with Gasteiger partial charge in [0.25, 0.3) is 0 Å². The molecule has 2 aliphatic heterocycles. The maximum absolute atomic E-state index is 12.7. The van der Waals surface area contributed by atoms with Crippen LogP contribution in [0.15, 0.2) is 23.2 Å². The average molecular weight is 478 g/mol. The second kappa shape index (κ2) is 9.75. The third-order valence-electron chi connectivity index (χ3n) is 7.10. The number of sulfone groups is 1. The fraction of sp³-hybridized carbons (Fsp3) is 0.667. The molecule has 2 heterocycles. The second-order valence-corrected chi connectivity index (χ2v) is 12.7. The number of thioether (sulfide) groups is 1. The lowest BCUT2D eigenvalue weighted by Crippen LogP contribution is -2.38. The molecule has 3 aliphatic rings. The van der Waals surface area contributed by atoms with Gasteiger partial charge in [0.15, 0.2) is 15.0 Å². The number of hydrogen-bond acceptors (Lipinski definition) is 5. The molecule has 32 heavy (non-hydrogen) atoms. The Hall–Kier alpha value is -1.54. The summed E-state index contributed by atoms with van der Waals surface area (Å²) in [6.45, 7) is 8.20. The van der Waals surface area contributed by atoms with Crippen molar-refractivity contribution in [2.75, 3.05) is 34.4 Å². The van der Waals surface area contributed by atoms with Gasteiger partial charge in [0, 0.05) is 36.1 Å². The van der Waals surface area contributed by atoms with Gasteiger partial charge < -0.3 is 9.80 Å². The molecule has 8 heteroatoms. The van der Waals surface area contributed by atoms with Gasteiger partial charge >= 0.3 is 0 Å². The van der Waals surface area contributed by atoms with Gasteiger partial charge in [-0.3, -0.25) is 4.79 Å². The Kier molecular flexibility index (Phi) is 7.20. The quantitative estimate of drug-likeness (QED) is 0.579. The van der Waals surface area contributed by atoms with E-state index >= 15 is 0 Å². The van der Waals surface area contributed by atoms with E-state index in [1.54, 1.807) is 0 Å². The molecule has 1 aliphatic carbocycles. The summed E-state index contributed by atoms with van der Waals surface area (Å²) in [5.41, 5.74) is 3.19. The monoisotopic (exact) mass is 477 g/mol. The van der Waals surface area contributed by atoms with E-state index in [-0.39, 0.29) is 28.7 Å². The molecule has 0 unspecified atom stereocenters. The third kappa shape index (κ3) is 5.01. The number of anilines is 2. The molecule has 2 saturated heterocycles. The molecule has 0 bridgehead atoms. The number of benzene rings is 1. The number of carbonyl (C=O) groups excluding carboxylic acids is 1. The van der Waals surface area contributed by atoms with Crippen molar-refractivity contribution in [3.63, 3.8) is 0 Å². The predicted octanol–water partition coefficient (Wildman–Crippen LogP) is 4.41. The Labute approximate surface area is 196 Å². The zero-order valence-corrected chi connectivity index (χ0v) is 21.1. The summed E-state index contributed by atoms with van der Waals surface area (Å²) in [6, 6.07) is 6.15. The standard InChI is InChI=1S/C24H35N3O3S2/c1-4-26(5-2)19-11-12-20(17(3)14-19)27-21-15-32(29,30)16-22(21)31-24(27)25-23(28)13-10-18-8-6-7-9-18/h11-12,14,18,21-22H,4-10,13,15-16H2,1-3H3/t21-,22-/m0/s1. The summed E-state index contributed by atoms with van der Waals surface area (Å²) in [4.78, 5) is 21.6. The average Bonchev–Trinajstić information content (AvgIpc) is 3.43. The highest BCUT2D eigenvalue weighted by Gasteiger charge is 2.49. The fourth-order valence-electron chi connectivity index (χ4n) is 5.33. The Bertz CT molecular complexity index is 982. The number of fused-ring (bicyclic) bond motifs is 1. The minimum absolute atomic E-state index is 0.0664. The molecule has 4 rings (SSSR count). The summed E-state index contributed by atoms with van der Waals surface area (Å²) in [7, 11) is -3.07. The molecule has 1 saturated carbocycles. The van der Waals surface area contributed by atoms with Crippen molar-refractivity contribution in [2.24, 2.45) is 10.9 Å². The van der Waals surface area contributed by atoms with Gasteiger partial charge in [-0.2, -0.15) is 4.99 Å². The normalized spacial score (nSPS) is 26.1. The van der Waals surface area contributed by atoms with Gasteiger partial charge in [0.2, 0.25) is 5.91 Å². The maximum atomic E-state index is 12.7. The van der Waals surface area contributed by atoms with Gasteiger partial charge in [-0.25, -0.2) is 8.42 Å². The molecule has 1 aromatic rings. The number of aliphatic imine (C=N–C) groups is 1.